The highest BCUT2D eigenvalue weighted by Crippen LogP contribution is 2.27. The van der Waals surface area contributed by atoms with Gasteiger partial charge in [0.25, 0.3) is 5.91 Å². The van der Waals surface area contributed by atoms with E-state index in [4.69, 9.17) is 0 Å². The Kier molecular flexibility index (Phi) is 3.68. The lowest BCUT2D eigenvalue weighted by Gasteiger charge is -2.30. The summed E-state index contributed by atoms with van der Waals surface area (Å²) < 4.78 is 0. The molecule has 0 radical (unpaired) electrons. The molecule has 0 atom stereocenters. The van der Waals surface area contributed by atoms with Crippen LogP contribution in [0.3, 0.4) is 0 Å². The highest BCUT2D eigenvalue weighted by molar-refractivity contribution is 6.46. The minimum atomic E-state index is -0.320. The second kappa shape index (κ2) is 5.61. The number of nitrogens with zero attached hydrogens (tertiary/aromatic N) is 1. The quantitative estimate of drug-likeness (QED) is 0.611. The van der Waals surface area contributed by atoms with E-state index >= 15 is 0 Å². The summed E-state index contributed by atoms with van der Waals surface area (Å²) in [5.74, 6) is -0.626. The van der Waals surface area contributed by atoms with Crippen LogP contribution >= 0.6 is 0 Å². The van der Waals surface area contributed by atoms with Crippen LogP contribution in [0.25, 0.3) is 6.08 Å². The van der Waals surface area contributed by atoms with Crippen LogP contribution in [0, 0.1) is 0 Å². The topological polar surface area (TPSA) is 37.4 Å². The van der Waals surface area contributed by atoms with Crippen molar-refractivity contribution in [2.75, 3.05) is 6.54 Å². The number of rotatable bonds is 2. The number of amides is 1. The van der Waals surface area contributed by atoms with Gasteiger partial charge in [0.2, 0.25) is 5.78 Å². The highest BCUT2D eigenvalue weighted by atomic mass is 16.2. The summed E-state index contributed by atoms with van der Waals surface area (Å²) in [4.78, 5) is 26.0. The lowest BCUT2D eigenvalue weighted by molar-refractivity contribution is -0.140. The molecule has 1 amide bonds. The average Bonchev–Trinajstić information content (AvgIpc) is 2.78. The van der Waals surface area contributed by atoms with Gasteiger partial charge in [0.05, 0.1) is 6.54 Å². The van der Waals surface area contributed by atoms with E-state index < -0.39 is 0 Å². The van der Waals surface area contributed by atoms with Crippen molar-refractivity contribution in [1.29, 1.82) is 0 Å². The van der Waals surface area contributed by atoms with E-state index in [2.05, 4.69) is 0 Å². The van der Waals surface area contributed by atoms with Crippen LogP contribution in [-0.2, 0) is 9.59 Å². The Hall–Kier alpha value is -1.90. The van der Waals surface area contributed by atoms with Gasteiger partial charge in [-0.15, -0.1) is 0 Å². The first-order valence-electron chi connectivity index (χ1n) is 7.36. The van der Waals surface area contributed by atoms with Crippen LogP contribution in [0.2, 0.25) is 0 Å². The predicted molar refractivity (Wildman–Crippen MR) is 78.0 cm³/mol. The van der Waals surface area contributed by atoms with Gasteiger partial charge < -0.3 is 4.90 Å². The molecule has 2 fully saturated rings. The summed E-state index contributed by atoms with van der Waals surface area (Å²) in [6.07, 6.45) is 7.51. The van der Waals surface area contributed by atoms with Gasteiger partial charge in [-0.05, 0) is 24.5 Å². The molecule has 1 aliphatic heterocycles. The molecule has 0 bridgehead atoms. The molecule has 1 aromatic rings. The Morgan fingerprint density at radius 2 is 1.70 bits per heavy atom. The average molecular weight is 269 g/mol. The van der Waals surface area contributed by atoms with Crippen LogP contribution in [0.15, 0.2) is 35.9 Å². The summed E-state index contributed by atoms with van der Waals surface area (Å²) in [5, 5.41) is 0. The third-order valence-electron chi connectivity index (χ3n) is 4.24. The molecule has 0 aromatic heterocycles. The van der Waals surface area contributed by atoms with Gasteiger partial charge in [-0.25, -0.2) is 0 Å². The Morgan fingerprint density at radius 1 is 1.00 bits per heavy atom. The molecule has 1 heterocycles. The highest BCUT2D eigenvalue weighted by Gasteiger charge is 2.38. The largest absolute Gasteiger partial charge is 0.328 e. The summed E-state index contributed by atoms with van der Waals surface area (Å²) in [7, 11) is 0. The second-order valence-electron chi connectivity index (χ2n) is 5.63. The predicted octanol–water partition coefficient (Wildman–Crippen LogP) is 2.81. The first-order chi connectivity index (χ1) is 9.75. The molecular formula is C17H19NO2. The molecule has 1 saturated carbocycles. The fourth-order valence-corrected chi connectivity index (χ4v) is 3.14. The zero-order valence-corrected chi connectivity index (χ0v) is 11.5. The van der Waals surface area contributed by atoms with E-state index in [-0.39, 0.29) is 17.7 Å². The number of benzene rings is 1. The zero-order chi connectivity index (χ0) is 13.9. The molecule has 0 unspecified atom stereocenters. The first kappa shape index (κ1) is 13.1. The van der Waals surface area contributed by atoms with Gasteiger partial charge in [-0.3, -0.25) is 9.59 Å². The third-order valence-corrected chi connectivity index (χ3v) is 4.24. The van der Waals surface area contributed by atoms with Crippen molar-refractivity contribution in [1.82, 2.24) is 4.90 Å². The number of likely N-dealkylation sites (tertiary alicyclic amines) is 1. The smallest absolute Gasteiger partial charge is 0.295 e. The maximum atomic E-state index is 12.1. The molecule has 0 spiro atoms. The molecule has 1 aliphatic carbocycles. The molecule has 3 nitrogen and oxygen atoms in total. The van der Waals surface area contributed by atoms with Gasteiger partial charge in [0.1, 0.15) is 0 Å². The summed E-state index contributed by atoms with van der Waals surface area (Å²) in [6.45, 7) is 0.483. The molecular weight excluding hydrogens is 250 g/mol. The molecule has 2 aliphatic rings. The molecule has 3 heteroatoms. The minimum Gasteiger partial charge on any atom is -0.328 e. The molecule has 1 saturated heterocycles. The van der Waals surface area contributed by atoms with Gasteiger partial charge in [-0.2, -0.15) is 0 Å². The summed E-state index contributed by atoms with van der Waals surface area (Å²) in [6, 6.07) is 9.99. The van der Waals surface area contributed by atoms with Crippen molar-refractivity contribution in [3.8, 4) is 0 Å². The van der Waals surface area contributed by atoms with E-state index in [1.54, 1.807) is 4.90 Å². The van der Waals surface area contributed by atoms with E-state index in [1.165, 1.54) is 19.3 Å². The number of hydrogen-bond acceptors (Lipinski definition) is 2. The standard InChI is InChI=1S/C17H19NO2/c19-16-14(11-13-7-3-1-4-8-13)12-18(17(16)20)15-9-5-2-6-10-15/h1,3-4,7-8,11,15H,2,5-6,9-10,12H2/b14-11+. The van der Waals surface area contributed by atoms with Crippen molar-refractivity contribution in [3.63, 3.8) is 0 Å². The fraction of sp³-hybridized carbons (Fsp3) is 0.412. The molecule has 1 aromatic carbocycles. The van der Waals surface area contributed by atoms with Gasteiger partial charge in [0.15, 0.2) is 0 Å². The molecule has 0 N–H and O–H groups in total. The maximum absolute atomic E-state index is 12.1. The monoisotopic (exact) mass is 269 g/mol. The van der Waals surface area contributed by atoms with Gasteiger partial charge in [0, 0.05) is 11.6 Å². The summed E-state index contributed by atoms with van der Waals surface area (Å²) >= 11 is 0. The second-order valence-corrected chi connectivity index (χ2v) is 5.63. The van der Waals surface area contributed by atoms with Crippen LogP contribution < -0.4 is 0 Å². The van der Waals surface area contributed by atoms with Crippen molar-refractivity contribution in [2.24, 2.45) is 0 Å². The Bertz CT molecular complexity index is 541. The number of Topliss-reactive ketones (excluding diaryl/α,β-unsaturated/α-hetero) is 1. The molecule has 3 rings (SSSR count). The van der Waals surface area contributed by atoms with Crippen molar-refractivity contribution in [2.45, 2.75) is 38.1 Å². The lowest BCUT2D eigenvalue weighted by Crippen LogP contribution is -2.38. The van der Waals surface area contributed by atoms with E-state index in [0.29, 0.717) is 12.1 Å². The van der Waals surface area contributed by atoms with Crippen LogP contribution in [0.4, 0.5) is 0 Å². The Balaban J connectivity index is 1.80. The van der Waals surface area contributed by atoms with Crippen LogP contribution in [0.5, 0.6) is 0 Å². The molecule has 20 heavy (non-hydrogen) atoms. The van der Waals surface area contributed by atoms with E-state index in [9.17, 15) is 9.59 Å². The summed E-state index contributed by atoms with van der Waals surface area (Å²) in [5.41, 5.74) is 1.61. The Morgan fingerprint density at radius 3 is 2.40 bits per heavy atom. The normalized spacial score (nSPS) is 22.8. The number of hydrogen-bond donors (Lipinski definition) is 0. The first-order valence-corrected chi connectivity index (χ1v) is 7.36. The van der Waals surface area contributed by atoms with Crippen molar-refractivity contribution >= 4 is 17.8 Å². The van der Waals surface area contributed by atoms with Gasteiger partial charge in [-0.1, -0.05) is 49.6 Å². The minimum absolute atomic E-state index is 0.266. The van der Waals surface area contributed by atoms with Crippen molar-refractivity contribution < 1.29 is 9.59 Å². The van der Waals surface area contributed by atoms with Gasteiger partial charge >= 0.3 is 0 Å². The fourth-order valence-electron chi connectivity index (χ4n) is 3.14. The third kappa shape index (κ3) is 2.53. The number of ketones is 1. The number of carbonyl (C=O) groups excluding carboxylic acids is 2. The number of carbonyl (C=O) groups is 2. The zero-order valence-electron chi connectivity index (χ0n) is 11.5. The van der Waals surface area contributed by atoms with Crippen molar-refractivity contribution in [3.05, 3.63) is 41.5 Å². The van der Waals surface area contributed by atoms with Crippen LogP contribution in [-0.4, -0.2) is 29.2 Å². The SMILES string of the molecule is O=C1C(=O)N(C2CCCCC2)C/C1=C\c1ccccc1. The Labute approximate surface area is 119 Å². The lowest BCUT2D eigenvalue weighted by atomic mass is 9.94. The van der Waals surface area contributed by atoms with E-state index in [0.717, 1.165) is 18.4 Å². The molecule has 104 valence electrons. The maximum Gasteiger partial charge on any atom is 0.295 e. The van der Waals surface area contributed by atoms with E-state index in [1.807, 2.05) is 36.4 Å². The van der Waals surface area contributed by atoms with Crippen LogP contribution in [0.1, 0.15) is 37.7 Å².